The maximum Gasteiger partial charge on any atom is 0.321 e. The van der Waals surface area contributed by atoms with E-state index in [9.17, 15) is 4.79 Å². The van der Waals surface area contributed by atoms with Crippen LogP contribution in [0.25, 0.3) is 0 Å². The molecule has 3 nitrogen and oxygen atoms in total. The fourth-order valence-corrected chi connectivity index (χ4v) is 2.39. The molecule has 2 aliphatic heterocycles. The minimum absolute atomic E-state index is 0.149. The second kappa shape index (κ2) is 2.48. The molecule has 1 N–H and O–H groups in total. The molecule has 3 heteroatoms. The summed E-state index contributed by atoms with van der Waals surface area (Å²) in [5.74, 6) is -0.173. The maximum absolute atomic E-state index is 10.8. The van der Waals surface area contributed by atoms with Gasteiger partial charge in [-0.2, -0.15) is 0 Å². The van der Waals surface area contributed by atoms with Crippen LogP contribution in [0.5, 0.6) is 0 Å². The van der Waals surface area contributed by atoms with Crippen molar-refractivity contribution in [3.8, 4) is 0 Å². The number of carbonyl (C=O) groups is 1. The first-order valence-electron chi connectivity index (χ1n) is 4.26. The van der Waals surface area contributed by atoms with Crippen molar-refractivity contribution in [2.24, 2.45) is 5.92 Å². The van der Waals surface area contributed by atoms with E-state index in [0.717, 1.165) is 25.9 Å². The lowest BCUT2D eigenvalue weighted by Gasteiger charge is -2.29. The van der Waals surface area contributed by atoms with Gasteiger partial charge in [0, 0.05) is 0 Å². The Labute approximate surface area is 66.0 Å². The number of piperidine rings is 1. The smallest absolute Gasteiger partial charge is 0.321 e. The van der Waals surface area contributed by atoms with Gasteiger partial charge < -0.3 is 5.11 Å². The number of carboxylic acid groups (broad SMARTS) is 1. The molecule has 62 valence electrons. The second-order valence-corrected chi connectivity index (χ2v) is 3.51. The van der Waals surface area contributed by atoms with Gasteiger partial charge >= 0.3 is 5.97 Å². The van der Waals surface area contributed by atoms with Crippen molar-refractivity contribution in [1.82, 2.24) is 4.90 Å². The summed E-state index contributed by atoms with van der Waals surface area (Å²) in [4.78, 5) is 12.9. The lowest BCUT2D eigenvalue weighted by molar-refractivity contribution is -0.144. The Morgan fingerprint density at radius 1 is 1.36 bits per heavy atom. The number of hydrogen-bond acceptors (Lipinski definition) is 2. The zero-order valence-corrected chi connectivity index (χ0v) is 6.49. The zero-order valence-electron chi connectivity index (χ0n) is 6.49. The number of nitrogens with zero attached hydrogens (tertiary/aromatic N) is 1. The Bertz CT molecular complexity index is 165. The molecule has 0 aromatic heterocycles. The van der Waals surface area contributed by atoms with Crippen molar-refractivity contribution in [1.29, 1.82) is 0 Å². The molecule has 0 radical (unpaired) electrons. The van der Waals surface area contributed by atoms with Gasteiger partial charge in [0.2, 0.25) is 0 Å². The second-order valence-electron chi connectivity index (χ2n) is 3.51. The number of aliphatic carboxylic acids is 1. The molecule has 11 heavy (non-hydrogen) atoms. The van der Waals surface area contributed by atoms with Crippen LogP contribution in [0, 0.1) is 5.92 Å². The maximum atomic E-state index is 10.8. The van der Waals surface area contributed by atoms with Crippen LogP contribution >= 0.6 is 0 Å². The van der Waals surface area contributed by atoms with Crippen molar-refractivity contribution >= 4 is 5.97 Å². The van der Waals surface area contributed by atoms with E-state index >= 15 is 0 Å². The summed E-state index contributed by atoms with van der Waals surface area (Å²) in [6.07, 6.45) is 3.40. The molecule has 0 aliphatic carbocycles. The minimum atomic E-state index is -0.618. The fourth-order valence-electron chi connectivity index (χ4n) is 2.39. The van der Waals surface area contributed by atoms with Crippen LogP contribution in [0.3, 0.4) is 0 Å². The summed E-state index contributed by atoms with van der Waals surface area (Å²) in [6.45, 7) is 2.00. The summed E-state index contributed by atoms with van der Waals surface area (Å²) < 4.78 is 0. The fraction of sp³-hybridized carbons (Fsp3) is 0.875. The van der Waals surface area contributed by atoms with Crippen LogP contribution in [0.1, 0.15) is 19.3 Å². The van der Waals surface area contributed by atoms with Crippen molar-refractivity contribution in [3.63, 3.8) is 0 Å². The van der Waals surface area contributed by atoms with Crippen molar-refractivity contribution in [2.75, 3.05) is 13.1 Å². The average Bonchev–Trinajstić information content (AvgIpc) is 2.23. The van der Waals surface area contributed by atoms with E-state index in [0.29, 0.717) is 5.92 Å². The molecule has 0 aromatic rings. The van der Waals surface area contributed by atoms with Crippen LogP contribution in [-0.2, 0) is 4.79 Å². The van der Waals surface area contributed by atoms with E-state index in [-0.39, 0.29) is 6.04 Å². The highest BCUT2D eigenvalue weighted by molar-refractivity contribution is 5.74. The Balaban J connectivity index is 2.15. The van der Waals surface area contributed by atoms with E-state index in [1.54, 1.807) is 0 Å². The van der Waals surface area contributed by atoms with Gasteiger partial charge in [0.05, 0.1) is 0 Å². The van der Waals surface area contributed by atoms with Crippen LogP contribution in [0.4, 0.5) is 0 Å². The van der Waals surface area contributed by atoms with Gasteiger partial charge in [0.1, 0.15) is 6.04 Å². The molecule has 2 fully saturated rings. The number of carboxylic acids is 1. The monoisotopic (exact) mass is 155 g/mol. The molecule has 3 atom stereocenters. The molecular formula is C8H13NO2. The topological polar surface area (TPSA) is 40.5 Å². The molecule has 2 heterocycles. The quantitative estimate of drug-likeness (QED) is 0.601. The third-order valence-electron chi connectivity index (χ3n) is 2.90. The summed E-state index contributed by atoms with van der Waals surface area (Å²) >= 11 is 0. The highest BCUT2D eigenvalue weighted by Crippen LogP contribution is 2.32. The van der Waals surface area contributed by atoms with Crippen LogP contribution in [0.2, 0.25) is 0 Å². The molecule has 0 spiro atoms. The van der Waals surface area contributed by atoms with E-state index in [1.807, 2.05) is 0 Å². The van der Waals surface area contributed by atoms with Gasteiger partial charge in [-0.1, -0.05) is 0 Å². The first kappa shape index (κ1) is 7.10. The average molecular weight is 155 g/mol. The number of hydrogen-bond donors (Lipinski definition) is 1. The lowest BCUT2D eigenvalue weighted by atomic mass is 9.92. The number of rotatable bonds is 1. The van der Waals surface area contributed by atoms with Gasteiger partial charge in [-0.05, 0) is 38.3 Å². The van der Waals surface area contributed by atoms with Crippen molar-refractivity contribution < 1.29 is 9.90 Å². The largest absolute Gasteiger partial charge is 0.480 e. The highest BCUT2D eigenvalue weighted by Gasteiger charge is 2.41. The van der Waals surface area contributed by atoms with Gasteiger partial charge in [-0.3, -0.25) is 9.69 Å². The van der Waals surface area contributed by atoms with E-state index in [1.165, 1.54) is 6.42 Å². The van der Waals surface area contributed by atoms with Crippen LogP contribution < -0.4 is 0 Å². The lowest BCUT2D eigenvalue weighted by Crippen LogP contribution is -2.43. The van der Waals surface area contributed by atoms with Crippen LogP contribution in [0.15, 0.2) is 0 Å². The summed E-state index contributed by atoms with van der Waals surface area (Å²) in [5, 5.41) is 8.88. The highest BCUT2D eigenvalue weighted by atomic mass is 16.4. The predicted molar refractivity (Wildman–Crippen MR) is 40.3 cm³/mol. The normalized spacial score (nSPS) is 42.4. The number of fused-ring (bicyclic) bond motifs is 2. The SMILES string of the molecule is O=C(O)C1C2CCCN1CC2. The van der Waals surface area contributed by atoms with Gasteiger partial charge in [0.25, 0.3) is 0 Å². The van der Waals surface area contributed by atoms with Crippen LogP contribution in [-0.4, -0.2) is 35.1 Å². The predicted octanol–water partition coefficient (Wildman–Crippen LogP) is 0.555. The molecule has 2 bridgehead atoms. The van der Waals surface area contributed by atoms with Gasteiger partial charge in [-0.25, -0.2) is 0 Å². The molecular weight excluding hydrogens is 142 g/mol. The van der Waals surface area contributed by atoms with E-state index in [2.05, 4.69) is 4.90 Å². The first-order chi connectivity index (χ1) is 5.29. The molecule has 2 saturated heterocycles. The molecule has 0 amide bonds. The van der Waals surface area contributed by atoms with Crippen molar-refractivity contribution in [2.45, 2.75) is 25.3 Å². The Kier molecular flexibility index (Phi) is 1.60. The first-order valence-corrected chi connectivity index (χ1v) is 4.26. The summed E-state index contributed by atoms with van der Waals surface area (Å²) in [7, 11) is 0. The van der Waals surface area contributed by atoms with E-state index in [4.69, 9.17) is 5.11 Å². The standard InChI is InChI=1S/C8H13NO2/c10-8(11)7-6-2-1-4-9(7)5-3-6/h6-7H,1-5H2,(H,10,11). The Morgan fingerprint density at radius 2 is 2.18 bits per heavy atom. The van der Waals surface area contributed by atoms with Gasteiger partial charge in [-0.15, -0.1) is 0 Å². The Morgan fingerprint density at radius 3 is 2.73 bits per heavy atom. The van der Waals surface area contributed by atoms with Crippen molar-refractivity contribution in [3.05, 3.63) is 0 Å². The summed E-state index contributed by atoms with van der Waals surface area (Å²) in [6, 6.07) is -0.149. The Hall–Kier alpha value is -0.570. The van der Waals surface area contributed by atoms with Gasteiger partial charge in [0.15, 0.2) is 0 Å². The molecule has 3 unspecified atom stereocenters. The zero-order chi connectivity index (χ0) is 7.84. The van der Waals surface area contributed by atoms with E-state index < -0.39 is 5.97 Å². The summed E-state index contributed by atoms with van der Waals surface area (Å²) in [5.41, 5.74) is 0. The third-order valence-corrected chi connectivity index (χ3v) is 2.90. The molecule has 2 rings (SSSR count). The minimum Gasteiger partial charge on any atom is -0.480 e. The molecule has 0 aromatic carbocycles. The third kappa shape index (κ3) is 1.03. The molecule has 0 saturated carbocycles. The molecule has 2 aliphatic rings.